The lowest BCUT2D eigenvalue weighted by Crippen LogP contribution is -2.16. The van der Waals surface area contributed by atoms with Crippen molar-refractivity contribution in [1.82, 2.24) is 8.96 Å². The Labute approximate surface area is 169 Å². The van der Waals surface area contributed by atoms with Gasteiger partial charge in [-0.2, -0.15) is 0 Å². The number of aromatic nitrogens is 2. The molecule has 1 aliphatic carbocycles. The van der Waals surface area contributed by atoms with E-state index in [0.29, 0.717) is 22.4 Å². The quantitative estimate of drug-likeness (QED) is 0.453. The van der Waals surface area contributed by atoms with Gasteiger partial charge in [0.05, 0.1) is 10.8 Å². The van der Waals surface area contributed by atoms with Crippen LogP contribution >= 0.6 is 11.6 Å². The Bertz CT molecular complexity index is 1200. The maximum Gasteiger partial charge on any atom is 0.269 e. The number of aryl methyl sites for hydroxylation is 3. The van der Waals surface area contributed by atoms with E-state index in [1.165, 1.54) is 6.20 Å². The molecule has 146 valence electrons. The number of ketones is 1. The van der Waals surface area contributed by atoms with E-state index in [0.717, 1.165) is 28.1 Å². The highest BCUT2D eigenvalue weighted by Gasteiger charge is 2.30. The molecule has 0 unspecified atom stereocenters. The SMILES string of the molecule is Cc1cc(C)c(S(=O)(=O)n2cc(C(=O)CCl)c3ccc(C4CC4)nc32)c(C)c1. The normalized spacial score (nSPS) is 14.6. The molecule has 1 fully saturated rings. The van der Waals surface area contributed by atoms with E-state index < -0.39 is 10.0 Å². The van der Waals surface area contributed by atoms with Gasteiger partial charge in [-0.1, -0.05) is 17.7 Å². The summed E-state index contributed by atoms with van der Waals surface area (Å²) in [4.78, 5) is 17.2. The molecule has 3 aromatic rings. The lowest BCUT2D eigenvalue weighted by molar-refractivity contribution is 0.102. The van der Waals surface area contributed by atoms with Gasteiger partial charge in [-0.3, -0.25) is 4.79 Å². The summed E-state index contributed by atoms with van der Waals surface area (Å²) >= 11 is 5.76. The number of pyridine rings is 1. The standard InChI is InChI=1S/C21H21ClN2O3S/c1-12-8-13(2)20(14(3)9-12)28(26,27)24-11-17(19(25)10-22)16-6-7-18(15-4-5-15)23-21(16)24/h6-9,11,15H,4-5,10H2,1-3H3. The number of alkyl halides is 1. The molecule has 0 spiro atoms. The molecule has 0 aliphatic heterocycles. The van der Waals surface area contributed by atoms with Gasteiger partial charge in [0.1, 0.15) is 0 Å². The van der Waals surface area contributed by atoms with Gasteiger partial charge in [0.2, 0.25) is 0 Å². The fraction of sp³-hybridized carbons (Fsp3) is 0.333. The molecule has 7 heteroatoms. The summed E-state index contributed by atoms with van der Waals surface area (Å²) < 4.78 is 28.4. The van der Waals surface area contributed by atoms with Crippen LogP contribution in [0.4, 0.5) is 0 Å². The summed E-state index contributed by atoms with van der Waals surface area (Å²) in [7, 11) is -3.93. The molecule has 2 heterocycles. The predicted octanol–water partition coefficient (Wildman–Crippen LogP) is 4.50. The molecule has 2 aromatic heterocycles. The first kappa shape index (κ1) is 19.2. The third-order valence-corrected chi connectivity index (χ3v) is 7.38. The highest BCUT2D eigenvalue weighted by Crippen LogP contribution is 2.40. The van der Waals surface area contributed by atoms with Gasteiger partial charge < -0.3 is 0 Å². The number of carbonyl (C=O) groups excluding carboxylic acids is 1. The summed E-state index contributed by atoms with van der Waals surface area (Å²) in [5.74, 6) is -0.170. The van der Waals surface area contributed by atoms with Crippen LogP contribution in [0.25, 0.3) is 11.0 Å². The smallest absolute Gasteiger partial charge is 0.269 e. The average Bonchev–Trinajstić information content (AvgIpc) is 3.39. The lowest BCUT2D eigenvalue weighted by atomic mass is 10.1. The molecule has 1 aliphatic rings. The maximum atomic E-state index is 13.6. The zero-order valence-corrected chi connectivity index (χ0v) is 17.6. The number of fused-ring (bicyclic) bond motifs is 1. The number of carbonyl (C=O) groups is 1. The van der Waals surface area contributed by atoms with Crippen molar-refractivity contribution in [1.29, 1.82) is 0 Å². The second-order valence-electron chi connectivity index (χ2n) is 7.51. The second kappa shape index (κ2) is 6.71. The Morgan fingerprint density at radius 3 is 2.39 bits per heavy atom. The van der Waals surface area contributed by atoms with Crippen molar-refractivity contribution in [3.8, 4) is 0 Å². The van der Waals surface area contributed by atoms with Gasteiger partial charge in [0.15, 0.2) is 11.4 Å². The van der Waals surface area contributed by atoms with Gasteiger partial charge in [-0.05, 0) is 56.9 Å². The van der Waals surface area contributed by atoms with Crippen LogP contribution in [0.3, 0.4) is 0 Å². The first-order chi connectivity index (χ1) is 13.2. The van der Waals surface area contributed by atoms with Crippen LogP contribution in [0, 0.1) is 20.8 Å². The van der Waals surface area contributed by atoms with E-state index in [9.17, 15) is 13.2 Å². The van der Waals surface area contributed by atoms with E-state index >= 15 is 0 Å². The van der Waals surface area contributed by atoms with Crippen LogP contribution in [0.2, 0.25) is 0 Å². The third-order valence-electron chi connectivity index (χ3n) is 5.18. The summed E-state index contributed by atoms with van der Waals surface area (Å²) in [6.07, 6.45) is 3.47. The van der Waals surface area contributed by atoms with Crippen LogP contribution in [0.15, 0.2) is 35.4 Å². The molecule has 1 aromatic carbocycles. The molecule has 5 nitrogen and oxygen atoms in total. The zero-order valence-electron chi connectivity index (χ0n) is 16.0. The Balaban J connectivity index is 2.02. The number of benzene rings is 1. The monoisotopic (exact) mass is 416 g/mol. The Hall–Kier alpha value is -2.18. The van der Waals surface area contributed by atoms with E-state index in [1.807, 2.05) is 25.1 Å². The van der Waals surface area contributed by atoms with E-state index in [2.05, 4.69) is 4.98 Å². The van der Waals surface area contributed by atoms with E-state index in [-0.39, 0.29) is 27.8 Å². The minimum atomic E-state index is -3.93. The number of rotatable bonds is 5. The van der Waals surface area contributed by atoms with Crippen molar-refractivity contribution in [3.05, 3.63) is 58.4 Å². The van der Waals surface area contributed by atoms with Gasteiger partial charge in [0.25, 0.3) is 10.0 Å². The molecule has 0 atom stereocenters. The van der Waals surface area contributed by atoms with E-state index in [1.54, 1.807) is 19.9 Å². The number of Topliss-reactive ketones (excluding diaryl/α,β-unsaturated/α-hetero) is 1. The third kappa shape index (κ3) is 3.05. The molecule has 0 saturated heterocycles. The van der Waals surface area contributed by atoms with Crippen molar-refractivity contribution >= 4 is 38.4 Å². The zero-order chi connectivity index (χ0) is 20.2. The first-order valence-electron chi connectivity index (χ1n) is 9.18. The van der Waals surface area contributed by atoms with Gasteiger partial charge >= 0.3 is 0 Å². The highest BCUT2D eigenvalue weighted by atomic mass is 35.5. The molecule has 4 rings (SSSR count). The summed E-state index contributed by atoms with van der Waals surface area (Å²) in [6, 6.07) is 7.36. The average molecular weight is 417 g/mol. The molecule has 0 N–H and O–H groups in total. The van der Waals surface area contributed by atoms with Crippen LogP contribution in [0.1, 0.15) is 51.5 Å². The summed E-state index contributed by atoms with van der Waals surface area (Å²) in [5, 5.41) is 0.515. The molecular weight excluding hydrogens is 396 g/mol. The summed E-state index contributed by atoms with van der Waals surface area (Å²) in [6.45, 7) is 5.50. The topological polar surface area (TPSA) is 69.0 Å². The van der Waals surface area contributed by atoms with Gasteiger partial charge in [-0.15, -0.1) is 11.6 Å². The molecule has 1 saturated carbocycles. The number of nitrogens with zero attached hydrogens (tertiary/aromatic N) is 2. The van der Waals surface area contributed by atoms with Crippen LogP contribution in [-0.2, 0) is 10.0 Å². The second-order valence-corrected chi connectivity index (χ2v) is 9.53. The van der Waals surface area contributed by atoms with Gasteiger partial charge in [0, 0.05) is 28.8 Å². The Morgan fingerprint density at radius 2 is 1.82 bits per heavy atom. The lowest BCUT2D eigenvalue weighted by Gasteiger charge is -2.13. The first-order valence-corrected chi connectivity index (χ1v) is 11.2. The highest BCUT2D eigenvalue weighted by molar-refractivity contribution is 7.90. The van der Waals surface area contributed by atoms with Gasteiger partial charge in [-0.25, -0.2) is 17.4 Å². The van der Waals surface area contributed by atoms with Crippen molar-refractivity contribution in [3.63, 3.8) is 0 Å². The molecule has 0 radical (unpaired) electrons. The van der Waals surface area contributed by atoms with Crippen molar-refractivity contribution in [2.24, 2.45) is 0 Å². The largest absolute Gasteiger partial charge is 0.293 e. The van der Waals surface area contributed by atoms with Crippen LogP contribution in [-0.4, -0.2) is 29.0 Å². The Kier molecular flexibility index (Phi) is 4.59. The fourth-order valence-electron chi connectivity index (χ4n) is 3.85. The molecule has 0 amide bonds. The van der Waals surface area contributed by atoms with Crippen LogP contribution in [0.5, 0.6) is 0 Å². The predicted molar refractivity (Wildman–Crippen MR) is 110 cm³/mol. The molecule has 0 bridgehead atoms. The minimum Gasteiger partial charge on any atom is -0.293 e. The van der Waals surface area contributed by atoms with Crippen molar-refractivity contribution in [2.45, 2.75) is 44.4 Å². The van der Waals surface area contributed by atoms with Crippen molar-refractivity contribution < 1.29 is 13.2 Å². The summed E-state index contributed by atoms with van der Waals surface area (Å²) in [5.41, 5.74) is 3.77. The Morgan fingerprint density at radius 1 is 1.18 bits per heavy atom. The number of hydrogen-bond donors (Lipinski definition) is 0. The minimum absolute atomic E-state index is 0.216. The molecular formula is C21H21ClN2O3S. The van der Waals surface area contributed by atoms with Crippen molar-refractivity contribution in [2.75, 3.05) is 5.88 Å². The fourth-order valence-corrected chi connectivity index (χ4v) is 5.73. The molecule has 28 heavy (non-hydrogen) atoms. The van der Waals surface area contributed by atoms with E-state index in [4.69, 9.17) is 11.6 Å². The number of hydrogen-bond acceptors (Lipinski definition) is 4. The van der Waals surface area contributed by atoms with Crippen LogP contribution < -0.4 is 0 Å². The number of halogens is 1. The maximum absolute atomic E-state index is 13.6.